The highest BCUT2D eigenvalue weighted by Crippen LogP contribution is 2.36. The summed E-state index contributed by atoms with van der Waals surface area (Å²) in [6, 6.07) is 0. The summed E-state index contributed by atoms with van der Waals surface area (Å²) in [5.74, 6) is 0. The molecule has 0 aromatic heterocycles. The van der Waals surface area contributed by atoms with Gasteiger partial charge in [-0.05, 0) is 6.42 Å². The molecule has 3 nitrogen and oxygen atoms in total. The van der Waals surface area contributed by atoms with Crippen LogP contribution in [-0.2, 0) is 9.09 Å². The average molecular weight is 150 g/mol. The van der Waals surface area contributed by atoms with E-state index in [1.807, 2.05) is 7.85 Å². The molecule has 54 valence electrons. The first-order valence-corrected chi connectivity index (χ1v) is 5.03. The lowest BCUT2D eigenvalue weighted by molar-refractivity contribution is 0.265. The van der Waals surface area contributed by atoms with Crippen LogP contribution in [0.4, 0.5) is 0 Å². The summed E-state index contributed by atoms with van der Waals surface area (Å²) < 4.78 is 15.0. The van der Waals surface area contributed by atoms with Crippen molar-refractivity contribution in [1.82, 2.24) is 0 Å². The average Bonchev–Trinajstić information content (AvgIpc) is 1.63. The summed E-state index contributed by atoms with van der Waals surface area (Å²) in [6.07, 6.45) is 1.83. The van der Waals surface area contributed by atoms with E-state index in [0.717, 1.165) is 12.7 Å². The van der Waals surface area contributed by atoms with Crippen molar-refractivity contribution in [2.75, 3.05) is 13.3 Å². The summed E-state index contributed by atoms with van der Waals surface area (Å²) in [5.41, 5.74) is 0. The topological polar surface area (TPSA) is 46.5 Å². The summed E-state index contributed by atoms with van der Waals surface area (Å²) in [4.78, 5) is 8.58. The van der Waals surface area contributed by atoms with Crippen molar-refractivity contribution in [1.29, 1.82) is 0 Å². The molecule has 5 heteroatoms. The predicted molar refractivity (Wildman–Crippen MR) is 39.7 cm³/mol. The molecule has 0 spiro atoms. The Hall–Kier alpha value is 0.215. The zero-order valence-corrected chi connectivity index (χ0v) is 6.73. The molecule has 0 aromatic rings. The molecule has 1 atom stereocenters. The van der Waals surface area contributed by atoms with Crippen LogP contribution in [0.15, 0.2) is 0 Å². The molecule has 0 bridgehead atoms. The SMILES string of the molecule is BCCCOP(C)(=O)O. The molecule has 9 heavy (non-hydrogen) atoms. The fraction of sp³-hybridized carbons (Fsp3) is 1.00. The highest BCUT2D eigenvalue weighted by atomic mass is 31.2. The van der Waals surface area contributed by atoms with Crippen LogP contribution < -0.4 is 0 Å². The minimum absolute atomic E-state index is 0.390. The van der Waals surface area contributed by atoms with E-state index in [2.05, 4.69) is 4.52 Å². The van der Waals surface area contributed by atoms with E-state index >= 15 is 0 Å². The molecular formula is C4H12BO3P. The van der Waals surface area contributed by atoms with Gasteiger partial charge in [0.1, 0.15) is 7.85 Å². The molecule has 0 aliphatic rings. The monoisotopic (exact) mass is 150 g/mol. The fourth-order valence-corrected chi connectivity index (χ4v) is 0.846. The van der Waals surface area contributed by atoms with Crippen molar-refractivity contribution in [2.45, 2.75) is 12.7 Å². The number of rotatable bonds is 4. The van der Waals surface area contributed by atoms with Crippen molar-refractivity contribution in [3.05, 3.63) is 0 Å². The highest BCUT2D eigenvalue weighted by Gasteiger charge is 2.07. The van der Waals surface area contributed by atoms with Crippen molar-refractivity contribution in [3.8, 4) is 0 Å². The van der Waals surface area contributed by atoms with Crippen LogP contribution in [-0.4, -0.2) is 26.0 Å². The Morgan fingerprint density at radius 1 is 1.78 bits per heavy atom. The molecule has 0 amide bonds. The van der Waals surface area contributed by atoms with Crippen LogP contribution in [0, 0.1) is 0 Å². The van der Waals surface area contributed by atoms with Gasteiger partial charge in [-0.1, -0.05) is 6.32 Å². The lowest BCUT2D eigenvalue weighted by Gasteiger charge is -2.04. The van der Waals surface area contributed by atoms with Crippen LogP contribution in [0.5, 0.6) is 0 Å². The Morgan fingerprint density at radius 2 is 2.33 bits per heavy atom. The quantitative estimate of drug-likeness (QED) is 0.355. The normalized spacial score (nSPS) is 17.1. The second kappa shape index (κ2) is 4.10. The third-order valence-corrected chi connectivity index (χ3v) is 1.49. The van der Waals surface area contributed by atoms with Crippen molar-refractivity contribution in [3.63, 3.8) is 0 Å². The molecular weight excluding hydrogens is 138 g/mol. The Morgan fingerprint density at radius 3 is 2.67 bits per heavy atom. The van der Waals surface area contributed by atoms with Crippen LogP contribution in [0.1, 0.15) is 6.42 Å². The smallest absolute Gasteiger partial charge is 0.324 e. The van der Waals surface area contributed by atoms with E-state index in [1.165, 1.54) is 6.66 Å². The van der Waals surface area contributed by atoms with E-state index in [0.29, 0.717) is 6.61 Å². The van der Waals surface area contributed by atoms with Gasteiger partial charge in [0.25, 0.3) is 0 Å². The highest BCUT2D eigenvalue weighted by molar-refractivity contribution is 7.51. The molecule has 0 aliphatic heterocycles. The summed E-state index contributed by atoms with van der Waals surface area (Å²) in [5, 5.41) is 0. The molecule has 0 radical (unpaired) electrons. The maximum atomic E-state index is 10.4. The molecule has 1 unspecified atom stereocenters. The van der Waals surface area contributed by atoms with E-state index < -0.39 is 7.60 Å². The maximum Gasteiger partial charge on any atom is 0.325 e. The van der Waals surface area contributed by atoms with Gasteiger partial charge in [-0.2, -0.15) is 0 Å². The Balaban J connectivity index is 3.18. The Kier molecular flexibility index (Phi) is 4.20. The first-order chi connectivity index (χ1) is 4.06. The largest absolute Gasteiger partial charge is 0.325 e. The standard InChI is InChI=1S/C4H12BO3P/c1-9(6,7)8-4-2-3-5/h2-5H2,1H3,(H,6,7). The Bertz CT molecular complexity index is 110. The van der Waals surface area contributed by atoms with E-state index in [4.69, 9.17) is 4.89 Å². The molecule has 0 aromatic carbocycles. The number of hydrogen-bond acceptors (Lipinski definition) is 2. The summed E-state index contributed by atoms with van der Waals surface area (Å²) >= 11 is 0. The zero-order chi connectivity index (χ0) is 7.33. The van der Waals surface area contributed by atoms with E-state index in [-0.39, 0.29) is 0 Å². The first kappa shape index (κ1) is 9.21. The van der Waals surface area contributed by atoms with E-state index in [1.54, 1.807) is 0 Å². The van der Waals surface area contributed by atoms with Gasteiger partial charge in [0, 0.05) is 6.66 Å². The van der Waals surface area contributed by atoms with Crippen LogP contribution in [0.2, 0.25) is 6.32 Å². The fourth-order valence-electron chi connectivity index (χ4n) is 0.378. The van der Waals surface area contributed by atoms with Gasteiger partial charge in [-0.25, -0.2) is 0 Å². The molecule has 0 fully saturated rings. The third kappa shape index (κ3) is 8.21. The van der Waals surface area contributed by atoms with Crippen molar-refractivity contribution >= 4 is 15.4 Å². The van der Waals surface area contributed by atoms with Crippen molar-refractivity contribution in [2.24, 2.45) is 0 Å². The van der Waals surface area contributed by atoms with Crippen LogP contribution in [0.3, 0.4) is 0 Å². The molecule has 0 rings (SSSR count). The summed E-state index contributed by atoms with van der Waals surface area (Å²) in [7, 11) is -1.19. The van der Waals surface area contributed by atoms with E-state index in [9.17, 15) is 4.57 Å². The predicted octanol–water partition coefficient (Wildman–Crippen LogP) is 0.260. The third-order valence-electron chi connectivity index (χ3n) is 0.829. The van der Waals surface area contributed by atoms with Gasteiger partial charge in [0.05, 0.1) is 6.61 Å². The van der Waals surface area contributed by atoms with Gasteiger partial charge in [0.15, 0.2) is 0 Å². The molecule has 0 aliphatic carbocycles. The van der Waals surface area contributed by atoms with Gasteiger partial charge in [-0.15, -0.1) is 0 Å². The molecule has 0 saturated heterocycles. The lowest BCUT2D eigenvalue weighted by Crippen LogP contribution is -1.90. The van der Waals surface area contributed by atoms with Gasteiger partial charge in [-0.3, -0.25) is 4.57 Å². The number of hydrogen-bond donors (Lipinski definition) is 1. The zero-order valence-electron chi connectivity index (χ0n) is 5.83. The second-order valence-corrected chi connectivity index (χ2v) is 3.85. The van der Waals surface area contributed by atoms with Crippen LogP contribution in [0.25, 0.3) is 0 Å². The lowest BCUT2D eigenvalue weighted by atomic mass is 10.0. The van der Waals surface area contributed by atoms with Crippen LogP contribution >= 0.6 is 7.60 Å². The minimum atomic E-state index is -3.20. The molecule has 0 heterocycles. The molecule has 1 N–H and O–H groups in total. The maximum absolute atomic E-state index is 10.4. The Labute approximate surface area is 56.4 Å². The van der Waals surface area contributed by atoms with Gasteiger partial charge >= 0.3 is 7.60 Å². The first-order valence-electron chi connectivity index (χ1n) is 3.01. The van der Waals surface area contributed by atoms with Gasteiger partial charge < -0.3 is 9.42 Å². The second-order valence-electron chi connectivity index (χ2n) is 1.99. The van der Waals surface area contributed by atoms with Gasteiger partial charge in [0.2, 0.25) is 0 Å². The summed E-state index contributed by atoms with van der Waals surface area (Å²) in [6.45, 7) is 1.59. The molecule has 0 saturated carbocycles. The minimum Gasteiger partial charge on any atom is -0.324 e. The van der Waals surface area contributed by atoms with Crippen molar-refractivity contribution < 1.29 is 14.0 Å².